The Labute approximate surface area is 353 Å². The molecule has 5 aromatic rings. The third-order valence-electron chi connectivity index (χ3n) is 10.4. The van der Waals surface area contributed by atoms with Gasteiger partial charge in [0.25, 0.3) is 0 Å². The average molecular weight is 823 g/mol. The van der Waals surface area contributed by atoms with E-state index in [4.69, 9.17) is 28.5 Å². The number of furan rings is 1. The van der Waals surface area contributed by atoms with Crippen molar-refractivity contribution < 1.29 is 53.1 Å². The minimum Gasteiger partial charge on any atom is -0.516 e. The van der Waals surface area contributed by atoms with Crippen molar-refractivity contribution in [2.45, 2.75) is 51.9 Å². The van der Waals surface area contributed by atoms with Gasteiger partial charge in [0.15, 0.2) is 0 Å². The molecule has 312 valence electrons. The van der Waals surface area contributed by atoms with Crippen molar-refractivity contribution in [3.63, 3.8) is 0 Å². The zero-order valence-corrected chi connectivity index (χ0v) is 34.1. The molecule has 0 radical (unpaired) electrons. The number of allylic oxidation sites excluding steroid dienone is 6. The van der Waals surface area contributed by atoms with E-state index in [0.717, 1.165) is 28.5 Å². The summed E-state index contributed by atoms with van der Waals surface area (Å²) >= 11 is 0. The molecule has 2 atom stereocenters. The molecule has 11 nitrogen and oxygen atoms in total. The molecule has 1 aromatic heterocycles. The molecule has 0 saturated heterocycles. The Morgan fingerprint density at radius 2 is 1.39 bits per heavy atom. The fourth-order valence-electron chi connectivity index (χ4n) is 6.68. The van der Waals surface area contributed by atoms with Gasteiger partial charge in [-0.05, 0) is 101 Å². The van der Waals surface area contributed by atoms with Crippen LogP contribution < -0.4 is 14.2 Å². The van der Waals surface area contributed by atoms with E-state index < -0.39 is 35.7 Å². The van der Waals surface area contributed by atoms with Gasteiger partial charge in [0.05, 0.1) is 11.8 Å². The third-order valence-corrected chi connectivity index (χ3v) is 10.4. The number of aliphatic hydroxyl groups is 2. The van der Waals surface area contributed by atoms with Crippen molar-refractivity contribution in [1.82, 2.24) is 0 Å². The molecule has 1 aliphatic rings. The maximum absolute atomic E-state index is 13.1. The lowest BCUT2D eigenvalue weighted by Crippen LogP contribution is -2.22. The molecule has 1 aliphatic carbocycles. The van der Waals surface area contributed by atoms with Crippen LogP contribution in [0.3, 0.4) is 0 Å². The van der Waals surface area contributed by atoms with Crippen molar-refractivity contribution in [1.29, 1.82) is 0 Å². The molecule has 0 saturated carbocycles. The summed E-state index contributed by atoms with van der Waals surface area (Å²) in [5, 5.41) is 29.6. The Kier molecular flexibility index (Phi) is 13.2. The quantitative estimate of drug-likeness (QED) is 0.0303. The summed E-state index contributed by atoms with van der Waals surface area (Å²) < 4.78 is 27.8. The van der Waals surface area contributed by atoms with Gasteiger partial charge >= 0.3 is 17.9 Å². The lowest BCUT2D eigenvalue weighted by atomic mass is 9.75. The summed E-state index contributed by atoms with van der Waals surface area (Å²) in [5.74, 6) is -2.24. The van der Waals surface area contributed by atoms with E-state index in [9.17, 15) is 24.6 Å². The van der Waals surface area contributed by atoms with Crippen LogP contribution in [0.5, 0.6) is 23.0 Å². The first-order valence-corrected chi connectivity index (χ1v) is 19.4. The second kappa shape index (κ2) is 18.7. The first-order chi connectivity index (χ1) is 29.2. The van der Waals surface area contributed by atoms with Crippen LogP contribution in [0.15, 0.2) is 174 Å². The summed E-state index contributed by atoms with van der Waals surface area (Å²) in [6.45, 7) is 12.1. The number of aliphatic hydroxyl groups excluding tert-OH is 2. The van der Waals surface area contributed by atoms with E-state index >= 15 is 0 Å². The minimum absolute atomic E-state index is 0.0511. The van der Waals surface area contributed by atoms with E-state index in [1.54, 1.807) is 60.7 Å². The predicted octanol–water partition coefficient (Wildman–Crippen LogP) is 10.4. The van der Waals surface area contributed by atoms with Gasteiger partial charge in [-0.3, -0.25) is 0 Å². The second-order valence-corrected chi connectivity index (χ2v) is 15.2. The summed E-state index contributed by atoms with van der Waals surface area (Å²) in [7, 11) is 0. The van der Waals surface area contributed by atoms with Crippen LogP contribution in [0.1, 0.15) is 88.6 Å². The SMILES string of the molecule is C=C/C(=C\C=C\O)C(C)(C)C1=CCC(OC(=O)c2cccc(OC(=O)c3ccc(C(=O)Oc4cccc(C(O)Oc5ccc(C(C)(C)c6ccc(O)cc6)cc5)c4)o3)c2)C=C1. The number of hydrogen-bond acceptors (Lipinski definition) is 11. The molecule has 0 bridgehead atoms. The maximum atomic E-state index is 13.1. The molecule has 0 spiro atoms. The fourth-order valence-corrected chi connectivity index (χ4v) is 6.68. The molecular weight excluding hydrogens is 777 g/mol. The Morgan fingerprint density at radius 3 is 1.98 bits per heavy atom. The monoisotopic (exact) mass is 822 g/mol. The lowest BCUT2D eigenvalue weighted by Gasteiger charge is -2.30. The Morgan fingerprint density at radius 1 is 0.787 bits per heavy atom. The van der Waals surface area contributed by atoms with Crippen LogP contribution in [-0.4, -0.2) is 39.3 Å². The van der Waals surface area contributed by atoms with Crippen molar-refractivity contribution >= 4 is 17.9 Å². The zero-order chi connectivity index (χ0) is 43.7. The molecular formula is C50H46O11. The van der Waals surface area contributed by atoms with Gasteiger partial charge in [-0.15, -0.1) is 0 Å². The number of rotatable bonds is 15. The molecule has 11 heteroatoms. The topological polar surface area (TPSA) is 162 Å². The van der Waals surface area contributed by atoms with Gasteiger partial charge < -0.3 is 38.7 Å². The van der Waals surface area contributed by atoms with Gasteiger partial charge in [-0.25, -0.2) is 14.4 Å². The number of phenols is 1. The number of esters is 3. The van der Waals surface area contributed by atoms with E-state index in [1.165, 1.54) is 48.5 Å². The van der Waals surface area contributed by atoms with Crippen molar-refractivity contribution in [3.8, 4) is 23.0 Å². The Hall–Kier alpha value is -7.37. The summed E-state index contributed by atoms with van der Waals surface area (Å²) in [6, 6.07) is 28.9. The van der Waals surface area contributed by atoms with E-state index in [2.05, 4.69) is 20.4 Å². The van der Waals surface area contributed by atoms with Crippen molar-refractivity contribution in [3.05, 3.63) is 203 Å². The molecule has 61 heavy (non-hydrogen) atoms. The van der Waals surface area contributed by atoms with Crippen LogP contribution in [-0.2, 0) is 10.2 Å². The number of hydrogen-bond donors (Lipinski definition) is 3. The molecule has 0 fully saturated rings. The van der Waals surface area contributed by atoms with E-state index in [0.29, 0.717) is 17.7 Å². The average Bonchev–Trinajstić information content (AvgIpc) is 3.76. The van der Waals surface area contributed by atoms with Crippen LogP contribution in [0.2, 0.25) is 0 Å². The van der Waals surface area contributed by atoms with E-state index in [1.807, 2.05) is 50.3 Å². The first-order valence-electron chi connectivity index (χ1n) is 19.4. The highest BCUT2D eigenvalue weighted by Gasteiger charge is 2.28. The summed E-state index contributed by atoms with van der Waals surface area (Å²) in [6.07, 6.45) is 10.2. The molecule has 6 rings (SSSR count). The van der Waals surface area contributed by atoms with Crippen molar-refractivity contribution in [2.24, 2.45) is 5.41 Å². The highest BCUT2D eigenvalue weighted by molar-refractivity contribution is 5.93. The van der Waals surface area contributed by atoms with Gasteiger partial charge in [-0.1, -0.05) is 101 Å². The number of ether oxygens (including phenoxy) is 4. The van der Waals surface area contributed by atoms with Gasteiger partial charge in [0, 0.05) is 22.8 Å². The number of phenolic OH excluding ortho intramolecular Hbond substituents is 1. The van der Waals surface area contributed by atoms with Gasteiger partial charge in [0.1, 0.15) is 29.1 Å². The molecule has 4 aromatic carbocycles. The summed E-state index contributed by atoms with van der Waals surface area (Å²) in [5.41, 5.74) is 3.65. The first kappa shape index (κ1) is 43.2. The third kappa shape index (κ3) is 10.4. The second-order valence-electron chi connectivity index (χ2n) is 15.2. The molecule has 2 unspecified atom stereocenters. The van der Waals surface area contributed by atoms with Crippen LogP contribution in [0.4, 0.5) is 0 Å². The standard InChI is InChI=1S/C50H46O11/c1-6-34(12-9-29-51)49(2,3)36-17-23-39(24-18-36)57-45(53)32-10-7-13-41(30-32)59-47(55)43-27-28-44(61-43)48(56)60-42-14-8-11-33(31-42)46(54)58-40-25-19-37(20-26-40)50(4,5)35-15-21-38(52)22-16-35/h6-23,25-31,39,46,51-52,54H,1,24H2,2-5H3/b29-9+,34-12+. The number of benzene rings is 4. The van der Waals surface area contributed by atoms with Crippen LogP contribution in [0.25, 0.3) is 0 Å². The smallest absolute Gasteiger partial charge is 0.379 e. The lowest BCUT2D eigenvalue weighted by molar-refractivity contribution is -0.0196. The van der Waals surface area contributed by atoms with Gasteiger partial charge in [-0.2, -0.15) is 0 Å². The molecule has 0 amide bonds. The van der Waals surface area contributed by atoms with E-state index in [-0.39, 0.29) is 39.7 Å². The minimum atomic E-state index is -1.39. The van der Waals surface area contributed by atoms with Crippen LogP contribution in [0, 0.1) is 5.41 Å². The number of carbonyl (C=O) groups is 3. The predicted molar refractivity (Wildman–Crippen MR) is 229 cm³/mol. The fraction of sp³-hybridized carbons (Fsp3) is 0.180. The molecule has 3 N–H and O–H groups in total. The Balaban J connectivity index is 1.01. The number of aromatic hydroxyl groups is 1. The maximum Gasteiger partial charge on any atom is 0.379 e. The zero-order valence-electron chi connectivity index (χ0n) is 34.1. The summed E-state index contributed by atoms with van der Waals surface area (Å²) in [4.78, 5) is 39.0. The molecule has 0 aliphatic heterocycles. The normalized spacial score (nSPS) is 14.8. The highest BCUT2D eigenvalue weighted by atomic mass is 16.6. The van der Waals surface area contributed by atoms with Gasteiger partial charge in [0.2, 0.25) is 17.8 Å². The molecule has 1 heterocycles. The van der Waals surface area contributed by atoms with Crippen LogP contribution >= 0.6 is 0 Å². The largest absolute Gasteiger partial charge is 0.516 e. The Bertz CT molecular complexity index is 2510. The van der Waals surface area contributed by atoms with Crippen molar-refractivity contribution in [2.75, 3.05) is 0 Å². The highest BCUT2D eigenvalue weighted by Crippen LogP contribution is 2.39. The number of carbonyl (C=O) groups excluding carboxylic acids is 3.